The van der Waals surface area contributed by atoms with Crippen LogP contribution in [0, 0.1) is 5.92 Å². The van der Waals surface area contributed by atoms with Gasteiger partial charge in [0.15, 0.2) is 0 Å². The van der Waals surface area contributed by atoms with E-state index in [0.717, 1.165) is 25.7 Å². The Morgan fingerprint density at radius 3 is 2.50 bits per heavy atom. The maximum Gasteiger partial charge on any atom is 0.407 e. The number of alkyl carbamates (subject to hydrolysis) is 1. The maximum atomic E-state index is 11.0. The average molecular weight is 229 g/mol. The number of carbonyl (C=O) groups excluding carboxylic acids is 1. The van der Waals surface area contributed by atoms with Crippen LogP contribution in [-0.2, 0) is 9.53 Å². The first-order chi connectivity index (χ1) is 7.63. The standard InChI is InChI=1S/C11H19NO4/c1-16-11(15)12-9(10(13)14)7-8-5-3-2-4-6-8/h8-9H,2-7H2,1H3,(H,12,15)(H,13,14). The summed E-state index contributed by atoms with van der Waals surface area (Å²) < 4.78 is 4.41. The van der Waals surface area contributed by atoms with E-state index in [1.165, 1.54) is 13.5 Å². The lowest BCUT2D eigenvalue weighted by Crippen LogP contribution is -2.42. The number of amides is 1. The van der Waals surface area contributed by atoms with Crippen LogP contribution in [0.1, 0.15) is 38.5 Å². The van der Waals surface area contributed by atoms with Gasteiger partial charge in [-0.25, -0.2) is 9.59 Å². The molecule has 0 aliphatic heterocycles. The fourth-order valence-corrected chi connectivity index (χ4v) is 2.18. The van der Waals surface area contributed by atoms with Crippen LogP contribution < -0.4 is 5.32 Å². The van der Waals surface area contributed by atoms with Crippen molar-refractivity contribution in [1.29, 1.82) is 0 Å². The predicted molar refractivity (Wildman–Crippen MR) is 58.2 cm³/mol. The van der Waals surface area contributed by atoms with Crippen LogP contribution in [0.3, 0.4) is 0 Å². The zero-order chi connectivity index (χ0) is 12.0. The largest absolute Gasteiger partial charge is 0.480 e. The SMILES string of the molecule is COC(=O)NC(CC1CCCCC1)C(=O)O. The first-order valence-electron chi connectivity index (χ1n) is 5.70. The Morgan fingerprint density at radius 1 is 1.38 bits per heavy atom. The highest BCUT2D eigenvalue weighted by atomic mass is 16.5. The van der Waals surface area contributed by atoms with E-state index in [4.69, 9.17) is 5.11 Å². The number of methoxy groups -OCH3 is 1. The molecule has 0 aromatic rings. The lowest BCUT2D eigenvalue weighted by molar-refractivity contribution is -0.139. The number of nitrogens with one attached hydrogen (secondary N) is 1. The van der Waals surface area contributed by atoms with E-state index in [9.17, 15) is 9.59 Å². The molecule has 5 nitrogen and oxygen atoms in total. The number of carbonyl (C=O) groups is 2. The fourth-order valence-electron chi connectivity index (χ4n) is 2.18. The van der Waals surface area contributed by atoms with Gasteiger partial charge in [0, 0.05) is 0 Å². The molecular formula is C11H19NO4. The molecule has 16 heavy (non-hydrogen) atoms. The molecule has 2 N–H and O–H groups in total. The van der Waals surface area contributed by atoms with Crippen LogP contribution in [0.15, 0.2) is 0 Å². The number of aliphatic carboxylic acids is 1. The molecule has 1 fully saturated rings. The van der Waals surface area contributed by atoms with Gasteiger partial charge in [-0.05, 0) is 12.3 Å². The molecule has 0 radical (unpaired) electrons. The Balaban J connectivity index is 2.43. The van der Waals surface area contributed by atoms with Crippen molar-refractivity contribution in [2.45, 2.75) is 44.6 Å². The lowest BCUT2D eigenvalue weighted by atomic mass is 9.85. The van der Waals surface area contributed by atoms with Crippen molar-refractivity contribution in [2.75, 3.05) is 7.11 Å². The molecule has 1 aliphatic rings. The molecule has 1 rings (SSSR count). The van der Waals surface area contributed by atoms with E-state index < -0.39 is 18.1 Å². The van der Waals surface area contributed by atoms with Crippen molar-refractivity contribution in [3.63, 3.8) is 0 Å². The fraction of sp³-hybridized carbons (Fsp3) is 0.818. The summed E-state index contributed by atoms with van der Waals surface area (Å²) >= 11 is 0. The summed E-state index contributed by atoms with van der Waals surface area (Å²) in [4.78, 5) is 21.9. The molecule has 0 aromatic carbocycles. The van der Waals surface area contributed by atoms with Gasteiger partial charge in [0.1, 0.15) is 6.04 Å². The third kappa shape index (κ3) is 4.08. The van der Waals surface area contributed by atoms with Crippen LogP contribution in [0.25, 0.3) is 0 Å². The van der Waals surface area contributed by atoms with Gasteiger partial charge in [-0.1, -0.05) is 32.1 Å². The first kappa shape index (κ1) is 12.8. The van der Waals surface area contributed by atoms with Crippen LogP contribution in [-0.4, -0.2) is 30.3 Å². The predicted octanol–water partition coefficient (Wildman–Crippen LogP) is 1.77. The number of carboxylic acid groups (broad SMARTS) is 1. The highest BCUT2D eigenvalue weighted by Gasteiger charge is 2.25. The van der Waals surface area contributed by atoms with Gasteiger partial charge in [0.2, 0.25) is 0 Å². The highest BCUT2D eigenvalue weighted by Crippen LogP contribution is 2.27. The smallest absolute Gasteiger partial charge is 0.407 e. The summed E-state index contributed by atoms with van der Waals surface area (Å²) in [6, 6.07) is -0.824. The van der Waals surface area contributed by atoms with Gasteiger partial charge in [0.25, 0.3) is 0 Å². The summed E-state index contributed by atoms with van der Waals surface area (Å²) in [6.07, 6.45) is 5.51. The Morgan fingerprint density at radius 2 is 2.00 bits per heavy atom. The third-order valence-corrected chi connectivity index (χ3v) is 3.07. The molecule has 0 saturated heterocycles. The van der Waals surface area contributed by atoms with E-state index in [0.29, 0.717) is 12.3 Å². The van der Waals surface area contributed by atoms with Crippen molar-refractivity contribution >= 4 is 12.1 Å². The van der Waals surface area contributed by atoms with Gasteiger partial charge < -0.3 is 15.2 Å². The van der Waals surface area contributed by atoms with Crippen molar-refractivity contribution in [3.05, 3.63) is 0 Å². The van der Waals surface area contributed by atoms with E-state index in [-0.39, 0.29) is 0 Å². The zero-order valence-corrected chi connectivity index (χ0v) is 9.57. The zero-order valence-electron chi connectivity index (χ0n) is 9.57. The number of rotatable bonds is 4. The molecule has 0 aromatic heterocycles. The Labute approximate surface area is 95.2 Å². The van der Waals surface area contributed by atoms with Crippen molar-refractivity contribution in [1.82, 2.24) is 5.32 Å². The Bertz CT molecular complexity index is 248. The second-order valence-electron chi connectivity index (χ2n) is 4.27. The highest BCUT2D eigenvalue weighted by molar-refractivity contribution is 5.79. The molecular weight excluding hydrogens is 210 g/mol. The lowest BCUT2D eigenvalue weighted by Gasteiger charge is -2.24. The number of hydrogen-bond acceptors (Lipinski definition) is 3. The minimum Gasteiger partial charge on any atom is -0.480 e. The first-order valence-corrected chi connectivity index (χ1v) is 5.70. The van der Waals surface area contributed by atoms with Gasteiger partial charge in [-0.15, -0.1) is 0 Å². The topological polar surface area (TPSA) is 75.6 Å². The average Bonchev–Trinajstić information content (AvgIpc) is 2.29. The Kier molecular flexibility index (Phi) is 5.08. The summed E-state index contributed by atoms with van der Waals surface area (Å²) in [5.41, 5.74) is 0. The minimum atomic E-state index is -0.990. The molecule has 1 unspecified atom stereocenters. The molecule has 0 spiro atoms. The van der Waals surface area contributed by atoms with Crippen molar-refractivity contribution in [3.8, 4) is 0 Å². The molecule has 1 amide bonds. The van der Waals surface area contributed by atoms with Gasteiger partial charge >= 0.3 is 12.1 Å². The van der Waals surface area contributed by atoms with Crippen LogP contribution >= 0.6 is 0 Å². The molecule has 1 atom stereocenters. The van der Waals surface area contributed by atoms with Crippen molar-refractivity contribution < 1.29 is 19.4 Å². The molecule has 1 aliphatic carbocycles. The number of carboxylic acids is 1. The number of hydrogen-bond donors (Lipinski definition) is 2. The monoisotopic (exact) mass is 229 g/mol. The molecule has 92 valence electrons. The maximum absolute atomic E-state index is 11.0. The van der Waals surface area contributed by atoms with E-state index in [1.807, 2.05) is 0 Å². The molecule has 5 heteroatoms. The molecule has 1 saturated carbocycles. The summed E-state index contributed by atoms with van der Waals surface area (Å²) in [5.74, 6) is -0.581. The third-order valence-electron chi connectivity index (χ3n) is 3.07. The van der Waals surface area contributed by atoms with Gasteiger partial charge in [0.05, 0.1) is 7.11 Å². The minimum absolute atomic E-state index is 0.409. The summed E-state index contributed by atoms with van der Waals surface area (Å²) in [6.45, 7) is 0. The summed E-state index contributed by atoms with van der Waals surface area (Å²) in [7, 11) is 1.23. The van der Waals surface area contributed by atoms with Gasteiger partial charge in [-0.2, -0.15) is 0 Å². The second-order valence-corrected chi connectivity index (χ2v) is 4.27. The quantitative estimate of drug-likeness (QED) is 0.770. The van der Waals surface area contributed by atoms with Crippen LogP contribution in [0.5, 0.6) is 0 Å². The van der Waals surface area contributed by atoms with Crippen molar-refractivity contribution in [2.24, 2.45) is 5.92 Å². The summed E-state index contributed by atoms with van der Waals surface area (Å²) in [5, 5.41) is 11.3. The van der Waals surface area contributed by atoms with Gasteiger partial charge in [-0.3, -0.25) is 0 Å². The van der Waals surface area contributed by atoms with E-state index in [1.54, 1.807) is 0 Å². The molecule has 0 bridgehead atoms. The van der Waals surface area contributed by atoms with E-state index in [2.05, 4.69) is 10.1 Å². The Hall–Kier alpha value is -1.26. The second kappa shape index (κ2) is 6.35. The normalized spacial score (nSPS) is 18.8. The van der Waals surface area contributed by atoms with Crippen LogP contribution in [0.4, 0.5) is 4.79 Å². The van der Waals surface area contributed by atoms with Crippen LogP contribution in [0.2, 0.25) is 0 Å². The molecule has 0 heterocycles. The van der Waals surface area contributed by atoms with E-state index >= 15 is 0 Å². The number of ether oxygens (including phenoxy) is 1.